The molecule has 8 heteroatoms. The highest BCUT2D eigenvalue weighted by molar-refractivity contribution is 6.01. The summed E-state index contributed by atoms with van der Waals surface area (Å²) in [5, 5.41) is 9.00. The first kappa shape index (κ1) is 25.8. The number of carbonyl (C=O) groups excluding carboxylic acids is 3. The van der Waals surface area contributed by atoms with E-state index in [1.165, 1.54) is 0 Å². The van der Waals surface area contributed by atoms with Gasteiger partial charge in [-0.05, 0) is 57.7 Å². The van der Waals surface area contributed by atoms with E-state index < -0.39 is 18.1 Å². The van der Waals surface area contributed by atoms with Crippen LogP contribution in [0.15, 0.2) is 48.7 Å². The number of amides is 3. The summed E-state index contributed by atoms with van der Waals surface area (Å²) >= 11 is 0. The Morgan fingerprint density at radius 1 is 0.972 bits per heavy atom. The average molecular weight is 492 g/mol. The largest absolute Gasteiger partial charge is 0.343 e. The first-order valence-electron chi connectivity index (χ1n) is 13.1. The molecule has 0 radical (unpaired) electrons. The van der Waals surface area contributed by atoms with Crippen molar-refractivity contribution in [3.05, 3.63) is 48.7 Å². The van der Waals surface area contributed by atoms with Gasteiger partial charge in [-0.25, -0.2) is 0 Å². The second kappa shape index (κ2) is 12.1. The highest BCUT2D eigenvalue weighted by Gasteiger charge is 2.41. The van der Waals surface area contributed by atoms with E-state index in [2.05, 4.69) is 20.9 Å². The van der Waals surface area contributed by atoms with Gasteiger partial charge < -0.3 is 20.9 Å². The Balaban J connectivity index is 1.52. The monoisotopic (exact) mass is 491 g/mol. The van der Waals surface area contributed by atoms with Crippen LogP contribution in [0.1, 0.15) is 51.9 Å². The standard InChI is InChI=1S/C28H37N5O3/c1-19(29-2)26(34)32-25(21-13-7-4-8-14-21)28(36)33-18-10-16-23(33)27(35)31-22-15-9-17-30-24(22)20-11-5-3-6-12-20/h3,5-6,9,11-12,15,17,19,21,23,25,29H,4,7-8,10,13-14,16,18H2,1-2H3,(H,31,35)(H,32,34)/t19-,23-,25-/m0/s1. The number of nitrogens with one attached hydrogen (secondary N) is 3. The van der Waals surface area contributed by atoms with Crippen molar-refractivity contribution in [2.24, 2.45) is 5.92 Å². The van der Waals surface area contributed by atoms with Crippen LogP contribution in [-0.4, -0.2) is 59.3 Å². The van der Waals surface area contributed by atoms with E-state index in [9.17, 15) is 14.4 Å². The summed E-state index contributed by atoms with van der Waals surface area (Å²) in [5.74, 6) is -0.468. The number of hydrogen-bond acceptors (Lipinski definition) is 5. The normalized spacial score (nSPS) is 19.9. The number of rotatable bonds is 8. The van der Waals surface area contributed by atoms with Crippen LogP contribution >= 0.6 is 0 Å². The van der Waals surface area contributed by atoms with Crippen LogP contribution in [0.2, 0.25) is 0 Å². The van der Waals surface area contributed by atoms with E-state index in [4.69, 9.17) is 0 Å². The van der Waals surface area contributed by atoms with Crippen molar-refractivity contribution in [3.63, 3.8) is 0 Å². The van der Waals surface area contributed by atoms with Crippen molar-refractivity contribution < 1.29 is 14.4 Å². The second-order valence-electron chi connectivity index (χ2n) is 9.84. The molecule has 1 saturated heterocycles. The number of benzene rings is 1. The molecule has 1 aliphatic carbocycles. The molecule has 1 aromatic carbocycles. The molecule has 8 nitrogen and oxygen atoms in total. The SMILES string of the molecule is CN[C@@H](C)C(=O)N[C@H](C(=O)N1CCC[C@H]1C(=O)Nc1cccnc1-c1ccccc1)C1CCCCC1. The number of nitrogens with zero attached hydrogens (tertiary/aromatic N) is 2. The van der Waals surface area contributed by atoms with Gasteiger partial charge in [-0.1, -0.05) is 49.6 Å². The highest BCUT2D eigenvalue weighted by Crippen LogP contribution is 2.30. The topological polar surface area (TPSA) is 103 Å². The van der Waals surface area contributed by atoms with Gasteiger partial charge in [0.25, 0.3) is 0 Å². The maximum absolute atomic E-state index is 13.8. The van der Waals surface area contributed by atoms with E-state index in [1.807, 2.05) is 36.4 Å². The van der Waals surface area contributed by atoms with E-state index in [1.54, 1.807) is 31.1 Å². The van der Waals surface area contributed by atoms with Crippen molar-refractivity contribution in [2.75, 3.05) is 18.9 Å². The fraction of sp³-hybridized carbons (Fsp3) is 0.500. The Hall–Kier alpha value is -3.26. The van der Waals surface area contributed by atoms with E-state index in [-0.39, 0.29) is 23.6 Å². The lowest BCUT2D eigenvalue weighted by molar-refractivity contribution is -0.142. The van der Waals surface area contributed by atoms with Gasteiger partial charge in [0.15, 0.2) is 0 Å². The maximum Gasteiger partial charge on any atom is 0.247 e. The van der Waals surface area contributed by atoms with Crippen LogP contribution < -0.4 is 16.0 Å². The number of carbonyl (C=O) groups is 3. The number of anilines is 1. The predicted octanol–water partition coefficient (Wildman–Crippen LogP) is 3.35. The minimum atomic E-state index is -0.611. The van der Waals surface area contributed by atoms with E-state index in [0.717, 1.165) is 44.1 Å². The van der Waals surface area contributed by atoms with E-state index >= 15 is 0 Å². The van der Waals surface area contributed by atoms with Gasteiger partial charge in [0.2, 0.25) is 17.7 Å². The third-order valence-electron chi connectivity index (χ3n) is 7.46. The zero-order chi connectivity index (χ0) is 25.5. The lowest BCUT2D eigenvalue weighted by Crippen LogP contribution is -2.57. The van der Waals surface area contributed by atoms with Crippen molar-refractivity contribution in [2.45, 2.75) is 70.0 Å². The minimum absolute atomic E-state index is 0.0894. The number of aromatic nitrogens is 1. The Morgan fingerprint density at radius 3 is 2.44 bits per heavy atom. The molecule has 36 heavy (non-hydrogen) atoms. The first-order chi connectivity index (χ1) is 17.5. The predicted molar refractivity (Wildman–Crippen MR) is 140 cm³/mol. The Bertz CT molecular complexity index is 1050. The fourth-order valence-electron chi connectivity index (χ4n) is 5.29. The molecule has 3 amide bonds. The van der Waals surface area contributed by atoms with Gasteiger partial charge in [0, 0.05) is 18.3 Å². The highest BCUT2D eigenvalue weighted by atomic mass is 16.2. The molecule has 192 valence electrons. The molecule has 3 atom stereocenters. The first-order valence-corrected chi connectivity index (χ1v) is 13.1. The van der Waals surface area contributed by atoms with Gasteiger partial charge in [-0.3, -0.25) is 19.4 Å². The Morgan fingerprint density at radius 2 is 1.72 bits per heavy atom. The van der Waals surface area contributed by atoms with Crippen LogP contribution in [0.5, 0.6) is 0 Å². The molecule has 4 rings (SSSR count). The Kier molecular flexibility index (Phi) is 8.70. The summed E-state index contributed by atoms with van der Waals surface area (Å²) in [6.45, 7) is 2.29. The van der Waals surface area contributed by atoms with E-state index in [0.29, 0.717) is 24.3 Å². The van der Waals surface area contributed by atoms with Crippen molar-refractivity contribution in [1.29, 1.82) is 0 Å². The van der Waals surface area contributed by atoms with Crippen molar-refractivity contribution in [3.8, 4) is 11.3 Å². The molecule has 2 aromatic rings. The quantitative estimate of drug-likeness (QED) is 0.526. The van der Waals surface area contributed by atoms with Crippen molar-refractivity contribution >= 4 is 23.4 Å². The van der Waals surface area contributed by atoms with Gasteiger partial charge in [0.1, 0.15) is 12.1 Å². The van der Waals surface area contributed by atoms with Gasteiger partial charge in [-0.2, -0.15) is 0 Å². The molecule has 1 aromatic heterocycles. The number of hydrogen-bond donors (Lipinski definition) is 3. The molecule has 1 saturated carbocycles. The minimum Gasteiger partial charge on any atom is -0.343 e. The summed E-state index contributed by atoms with van der Waals surface area (Å²) in [4.78, 5) is 46.2. The zero-order valence-corrected chi connectivity index (χ0v) is 21.2. The Labute approximate surface area is 213 Å². The molecule has 0 spiro atoms. The lowest BCUT2D eigenvalue weighted by Gasteiger charge is -2.35. The number of pyridine rings is 1. The van der Waals surface area contributed by atoms with Crippen molar-refractivity contribution in [1.82, 2.24) is 20.5 Å². The smallest absolute Gasteiger partial charge is 0.247 e. The summed E-state index contributed by atoms with van der Waals surface area (Å²) in [7, 11) is 1.73. The van der Waals surface area contributed by atoms with Gasteiger partial charge in [-0.15, -0.1) is 0 Å². The summed E-state index contributed by atoms with van der Waals surface area (Å²) in [6, 6.07) is 11.7. The molecule has 2 fully saturated rings. The van der Waals surface area contributed by atoms with Crippen LogP contribution in [0.4, 0.5) is 5.69 Å². The molecule has 2 aliphatic rings. The van der Waals surface area contributed by atoms with Crippen LogP contribution in [0, 0.1) is 5.92 Å². The molecule has 3 N–H and O–H groups in total. The third kappa shape index (κ3) is 5.93. The molecule has 2 heterocycles. The maximum atomic E-state index is 13.8. The summed E-state index contributed by atoms with van der Waals surface area (Å²) in [5.41, 5.74) is 2.22. The zero-order valence-electron chi connectivity index (χ0n) is 21.2. The number of likely N-dealkylation sites (tertiary alicyclic amines) is 1. The molecule has 0 bridgehead atoms. The van der Waals surface area contributed by atoms with Crippen LogP contribution in [0.3, 0.4) is 0 Å². The molecular weight excluding hydrogens is 454 g/mol. The molecule has 1 aliphatic heterocycles. The van der Waals surface area contributed by atoms with Gasteiger partial charge in [0.05, 0.1) is 17.4 Å². The number of likely N-dealkylation sites (N-methyl/N-ethyl adjacent to an activating group) is 1. The lowest BCUT2D eigenvalue weighted by atomic mass is 9.83. The summed E-state index contributed by atoms with van der Waals surface area (Å²) < 4.78 is 0. The van der Waals surface area contributed by atoms with Crippen LogP contribution in [0.25, 0.3) is 11.3 Å². The molecule has 0 unspecified atom stereocenters. The fourth-order valence-corrected chi connectivity index (χ4v) is 5.29. The second-order valence-corrected chi connectivity index (χ2v) is 9.84. The van der Waals surface area contributed by atoms with Crippen LogP contribution in [-0.2, 0) is 14.4 Å². The van der Waals surface area contributed by atoms with Gasteiger partial charge >= 0.3 is 0 Å². The average Bonchev–Trinajstić information content (AvgIpc) is 3.42. The summed E-state index contributed by atoms with van der Waals surface area (Å²) in [6.07, 6.45) is 8.13. The third-order valence-corrected chi connectivity index (χ3v) is 7.46. The molecular formula is C28H37N5O3.